The molecule has 0 fully saturated rings. The summed E-state index contributed by atoms with van der Waals surface area (Å²) >= 11 is 0. The molecule has 0 unspecified atom stereocenters. The molecule has 9 nitrogen and oxygen atoms in total. The van der Waals surface area contributed by atoms with E-state index in [2.05, 4.69) is 0 Å². The van der Waals surface area contributed by atoms with E-state index in [4.69, 9.17) is 18.9 Å². The molecule has 188 valence electrons. The Morgan fingerprint density at radius 1 is 0.972 bits per heavy atom. The van der Waals surface area contributed by atoms with Gasteiger partial charge in [-0.05, 0) is 73.0 Å². The average molecular weight is 493 g/mol. The summed E-state index contributed by atoms with van der Waals surface area (Å²) in [5.74, 6) is 2.23. The Morgan fingerprint density at radius 2 is 1.58 bits per heavy atom. The summed E-state index contributed by atoms with van der Waals surface area (Å²) in [5, 5.41) is 11.0. The standard InChI is InChI=1S/C27H28N2O7/c1-4-35-21-9-5-18(6-10-21)27(30)28-14-13-19-15-25(33-2)26(34-3)16-23(19)24(28)17-36-22-11-7-20(8-12-22)29(31)32/h5-12,15-16,24H,4,13-14,17H2,1-3H3/t24-/m1/s1. The molecule has 3 aromatic rings. The largest absolute Gasteiger partial charge is 0.494 e. The van der Waals surface area contributed by atoms with E-state index in [1.165, 1.54) is 12.1 Å². The molecule has 1 atom stereocenters. The van der Waals surface area contributed by atoms with Crippen molar-refractivity contribution in [3.8, 4) is 23.0 Å². The van der Waals surface area contributed by atoms with Crippen LogP contribution in [0, 0.1) is 10.1 Å². The smallest absolute Gasteiger partial charge is 0.269 e. The minimum atomic E-state index is -0.460. The van der Waals surface area contributed by atoms with Crippen molar-refractivity contribution in [2.45, 2.75) is 19.4 Å². The summed E-state index contributed by atoms with van der Waals surface area (Å²) in [6.07, 6.45) is 0.645. The number of nitro groups is 1. The molecular formula is C27H28N2O7. The molecule has 0 bridgehead atoms. The van der Waals surface area contributed by atoms with Crippen molar-refractivity contribution < 1.29 is 28.7 Å². The number of amides is 1. The summed E-state index contributed by atoms with van der Waals surface area (Å²) in [7, 11) is 3.16. The number of rotatable bonds is 9. The number of nitrogens with zero attached hydrogens (tertiary/aromatic N) is 2. The number of nitro benzene ring substituents is 1. The summed E-state index contributed by atoms with van der Waals surface area (Å²) in [6, 6.07) is 16.4. The SMILES string of the molecule is CCOc1ccc(C(=O)N2CCc3cc(OC)c(OC)cc3[C@H]2COc2ccc([N+](=O)[O-])cc2)cc1. The zero-order chi connectivity index (χ0) is 25.7. The number of benzene rings is 3. The van der Waals surface area contributed by atoms with Crippen LogP contribution in [0.4, 0.5) is 5.69 Å². The van der Waals surface area contributed by atoms with Crippen LogP contribution in [0.3, 0.4) is 0 Å². The van der Waals surface area contributed by atoms with Crippen molar-refractivity contribution >= 4 is 11.6 Å². The highest BCUT2D eigenvalue weighted by atomic mass is 16.6. The molecule has 36 heavy (non-hydrogen) atoms. The molecule has 1 amide bonds. The summed E-state index contributed by atoms with van der Waals surface area (Å²) < 4.78 is 22.5. The van der Waals surface area contributed by atoms with Gasteiger partial charge in [0.15, 0.2) is 11.5 Å². The summed E-state index contributed by atoms with van der Waals surface area (Å²) in [4.78, 5) is 25.9. The van der Waals surface area contributed by atoms with Crippen LogP contribution in [0.2, 0.25) is 0 Å². The van der Waals surface area contributed by atoms with Crippen molar-refractivity contribution in [2.75, 3.05) is 34.0 Å². The van der Waals surface area contributed by atoms with Gasteiger partial charge >= 0.3 is 0 Å². The maximum absolute atomic E-state index is 13.6. The molecule has 4 rings (SSSR count). The maximum atomic E-state index is 13.6. The minimum Gasteiger partial charge on any atom is -0.494 e. The number of carbonyl (C=O) groups is 1. The van der Waals surface area contributed by atoms with Gasteiger partial charge in [-0.3, -0.25) is 14.9 Å². The Kier molecular flexibility index (Phi) is 7.58. The third kappa shape index (κ3) is 5.19. The third-order valence-corrected chi connectivity index (χ3v) is 6.13. The molecular weight excluding hydrogens is 464 g/mol. The average Bonchev–Trinajstić information content (AvgIpc) is 2.91. The van der Waals surface area contributed by atoms with E-state index in [1.54, 1.807) is 55.5 Å². The number of fused-ring (bicyclic) bond motifs is 1. The molecule has 0 spiro atoms. The summed E-state index contributed by atoms with van der Waals surface area (Å²) in [6.45, 7) is 3.10. The Morgan fingerprint density at radius 3 is 2.19 bits per heavy atom. The number of non-ortho nitro benzene ring substituents is 1. The number of hydrogen-bond acceptors (Lipinski definition) is 7. The van der Waals surface area contributed by atoms with Crippen LogP contribution >= 0.6 is 0 Å². The highest BCUT2D eigenvalue weighted by molar-refractivity contribution is 5.95. The summed E-state index contributed by atoms with van der Waals surface area (Å²) in [5.41, 5.74) is 2.47. The second-order valence-electron chi connectivity index (χ2n) is 8.19. The van der Waals surface area contributed by atoms with E-state index < -0.39 is 11.0 Å². The fourth-order valence-corrected chi connectivity index (χ4v) is 4.32. The van der Waals surface area contributed by atoms with Crippen LogP contribution in [0.1, 0.15) is 34.5 Å². The lowest BCUT2D eigenvalue weighted by molar-refractivity contribution is -0.384. The zero-order valence-electron chi connectivity index (χ0n) is 20.4. The van der Waals surface area contributed by atoms with Crippen LogP contribution in [-0.4, -0.2) is 49.7 Å². The third-order valence-electron chi connectivity index (χ3n) is 6.13. The molecule has 9 heteroatoms. The first-order valence-electron chi connectivity index (χ1n) is 11.6. The Labute approximate surface area is 209 Å². The fraction of sp³-hybridized carbons (Fsp3) is 0.296. The molecule has 0 aliphatic carbocycles. The fourth-order valence-electron chi connectivity index (χ4n) is 4.32. The van der Waals surface area contributed by atoms with Crippen molar-refractivity contribution in [1.29, 1.82) is 0 Å². The van der Waals surface area contributed by atoms with Gasteiger partial charge in [0, 0.05) is 24.2 Å². The van der Waals surface area contributed by atoms with Crippen LogP contribution in [0.15, 0.2) is 60.7 Å². The van der Waals surface area contributed by atoms with Gasteiger partial charge in [0.05, 0.1) is 31.8 Å². The molecule has 0 aromatic heterocycles. The van der Waals surface area contributed by atoms with E-state index in [1.807, 2.05) is 19.1 Å². The van der Waals surface area contributed by atoms with Crippen molar-refractivity contribution in [3.63, 3.8) is 0 Å². The normalized spacial score (nSPS) is 14.5. The highest BCUT2D eigenvalue weighted by Crippen LogP contribution is 2.39. The van der Waals surface area contributed by atoms with Crippen molar-refractivity contribution in [3.05, 3.63) is 87.5 Å². The second kappa shape index (κ2) is 11.0. The first kappa shape index (κ1) is 24.8. The van der Waals surface area contributed by atoms with Crippen molar-refractivity contribution in [1.82, 2.24) is 4.90 Å². The van der Waals surface area contributed by atoms with E-state index in [0.29, 0.717) is 48.1 Å². The van der Waals surface area contributed by atoms with E-state index in [0.717, 1.165) is 11.1 Å². The van der Waals surface area contributed by atoms with Gasteiger partial charge in [-0.15, -0.1) is 0 Å². The minimum absolute atomic E-state index is 0.0190. The van der Waals surface area contributed by atoms with Crippen LogP contribution in [-0.2, 0) is 6.42 Å². The Hall–Kier alpha value is -4.27. The lowest BCUT2D eigenvalue weighted by atomic mass is 9.91. The lowest BCUT2D eigenvalue weighted by Crippen LogP contribution is -2.42. The van der Waals surface area contributed by atoms with Crippen LogP contribution < -0.4 is 18.9 Å². The first-order chi connectivity index (χ1) is 17.4. The molecule has 0 radical (unpaired) electrons. The van der Waals surface area contributed by atoms with Gasteiger partial charge in [0.25, 0.3) is 11.6 Å². The molecule has 0 saturated heterocycles. The molecule has 1 aliphatic rings. The van der Waals surface area contributed by atoms with E-state index >= 15 is 0 Å². The monoisotopic (exact) mass is 492 g/mol. The number of carbonyl (C=O) groups excluding carboxylic acids is 1. The van der Waals surface area contributed by atoms with Gasteiger partial charge in [-0.1, -0.05) is 0 Å². The second-order valence-corrected chi connectivity index (χ2v) is 8.19. The predicted octanol–water partition coefficient (Wildman–Crippen LogP) is 4.83. The van der Waals surface area contributed by atoms with Crippen LogP contribution in [0.25, 0.3) is 0 Å². The molecule has 1 aliphatic heterocycles. The van der Waals surface area contributed by atoms with E-state index in [-0.39, 0.29) is 18.2 Å². The predicted molar refractivity (Wildman–Crippen MR) is 133 cm³/mol. The topological polar surface area (TPSA) is 100 Å². The highest BCUT2D eigenvalue weighted by Gasteiger charge is 2.33. The van der Waals surface area contributed by atoms with E-state index in [9.17, 15) is 14.9 Å². The van der Waals surface area contributed by atoms with Gasteiger partial charge in [0.1, 0.15) is 18.1 Å². The molecule has 0 N–H and O–H groups in total. The van der Waals surface area contributed by atoms with Gasteiger partial charge < -0.3 is 23.8 Å². The molecule has 3 aromatic carbocycles. The Balaban J connectivity index is 1.65. The quantitative estimate of drug-likeness (QED) is 0.312. The first-order valence-corrected chi connectivity index (χ1v) is 11.6. The van der Waals surface area contributed by atoms with Gasteiger partial charge in [-0.2, -0.15) is 0 Å². The van der Waals surface area contributed by atoms with Crippen molar-refractivity contribution in [2.24, 2.45) is 0 Å². The zero-order valence-corrected chi connectivity index (χ0v) is 20.4. The molecule has 0 saturated carbocycles. The van der Waals surface area contributed by atoms with Crippen LogP contribution in [0.5, 0.6) is 23.0 Å². The Bertz CT molecular complexity index is 1230. The molecule has 1 heterocycles. The number of methoxy groups -OCH3 is 2. The van der Waals surface area contributed by atoms with Gasteiger partial charge in [-0.25, -0.2) is 0 Å². The van der Waals surface area contributed by atoms with Gasteiger partial charge in [0.2, 0.25) is 0 Å². The lowest BCUT2D eigenvalue weighted by Gasteiger charge is -2.37. The number of hydrogen-bond donors (Lipinski definition) is 0. The maximum Gasteiger partial charge on any atom is 0.269 e. The number of ether oxygens (including phenoxy) is 4.